The maximum Gasteiger partial charge on any atom is 0.0603 e. The molecule has 0 unspecified atom stereocenters. The van der Waals surface area contributed by atoms with Gasteiger partial charge in [-0.1, -0.05) is 64.8 Å². The number of hydrogen-bond acceptors (Lipinski definition) is 2. The van der Waals surface area contributed by atoms with Crippen LogP contribution in [-0.4, -0.2) is 22.4 Å². The maximum atomic E-state index is 11.0. The monoisotopic (exact) mass is 442 g/mol. The van der Waals surface area contributed by atoms with E-state index >= 15 is 0 Å². The highest BCUT2D eigenvalue weighted by Gasteiger charge is 2.65. The van der Waals surface area contributed by atoms with Crippen LogP contribution in [0.1, 0.15) is 107 Å². The lowest BCUT2D eigenvalue weighted by Gasteiger charge is -2.64. The minimum Gasteiger partial charge on any atom is -0.393 e. The second-order valence-electron chi connectivity index (χ2n) is 13.8. The van der Waals surface area contributed by atoms with Crippen molar-refractivity contribution in [1.29, 1.82) is 0 Å². The minimum atomic E-state index is -0.241. The third kappa shape index (κ3) is 3.33. The van der Waals surface area contributed by atoms with Crippen LogP contribution in [0.2, 0.25) is 0 Å². The van der Waals surface area contributed by atoms with Gasteiger partial charge in [0.2, 0.25) is 0 Å². The largest absolute Gasteiger partial charge is 0.393 e. The lowest BCUT2D eigenvalue weighted by molar-refractivity contribution is -0.132. The summed E-state index contributed by atoms with van der Waals surface area (Å²) >= 11 is 0. The summed E-state index contributed by atoms with van der Waals surface area (Å²) in [6.45, 7) is 18.9. The predicted octanol–water partition coefficient (Wildman–Crippen LogP) is 7.31. The van der Waals surface area contributed by atoms with Crippen molar-refractivity contribution < 1.29 is 10.2 Å². The zero-order chi connectivity index (χ0) is 23.7. The molecule has 0 heterocycles. The first-order valence-electron chi connectivity index (χ1n) is 13.5. The topological polar surface area (TPSA) is 40.5 Å². The third-order valence-corrected chi connectivity index (χ3v) is 11.9. The molecule has 0 spiro atoms. The molecule has 3 fully saturated rings. The first-order valence-corrected chi connectivity index (χ1v) is 13.5. The van der Waals surface area contributed by atoms with E-state index in [4.69, 9.17) is 0 Å². The molecule has 2 heteroatoms. The molecule has 0 amide bonds. The molecule has 0 radical (unpaired) electrons. The summed E-state index contributed by atoms with van der Waals surface area (Å²) in [5.74, 6) is 2.16. The standard InChI is InChI=1S/C30H50O2/c1-19(2)9-11-24(31)20(3)21-13-17-30(8)23-10-12-25-27(4,5)26(32)15-16-28(25,6)22(23)14-18-29(21,30)7/h9-10,20-22,24-26,31-32H,11-18H2,1-8H3/t20-,21-,22-,24-,25-,26-,28+,29-,30+/m0/s1. The van der Waals surface area contributed by atoms with Crippen molar-refractivity contribution in [2.24, 2.45) is 45.3 Å². The second-order valence-corrected chi connectivity index (χ2v) is 13.8. The molecule has 0 saturated heterocycles. The van der Waals surface area contributed by atoms with E-state index in [1.54, 1.807) is 5.57 Å². The van der Waals surface area contributed by atoms with Gasteiger partial charge in [-0.25, -0.2) is 0 Å². The van der Waals surface area contributed by atoms with Crippen LogP contribution in [0.15, 0.2) is 23.3 Å². The van der Waals surface area contributed by atoms with Gasteiger partial charge in [-0.2, -0.15) is 0 Å². The number of rotatable bonds is 4. The van der Waals surface area contributed by atoms with E-state index in [-0.39, 0.29) is 28.5 Å². The SMILES string of the molecule is CC(C)=CC[C@H](O)[C@@H](C)[C@@H]1CC[C@]2(C)C3=CC[C@H]4C(C)(C)[C@@H](O)CC[C@]4(C)[C@H]3CC[C@@]12C. The van der Waals surface area contributed by atoms with Crippen molar-refractivity contribution in [3.05, 3.63) is 23.3 Å². The van der Waals surface area contributed by atoms with Crippen molar-refractivity contribution in [2.45, 2.75) is 119 Å². The highest BCUT2D eigenvalue weighted by atomic mass is 16.3. The summed E-state index contributed by atoms with van der Waals surface area (Å²) in [5.41, 5.74) is 3.88. The van der Waals surface area contributed by atoms with E-state index in [0.29, 0.717) is 29.1 Å². The van der Waals surface area contributed by atoms with Crippen molar-refractivity contribution in [2.75, 3.05) is 0 Å². The summed E-state index contributed by atoms with van der Waals surface area (Å²) in [7, 11) is 0. The van der Waals surface area contributed by atoms with Gasteiger partial charge in [0.15, 0.2) is 0 Å². The smallest absolute Gasteiger partial charge is 0.0603 e. The Balaban J connectivity index is 1.64. The Morgan fingerprint density at radius 3 is 2.41 bits per heavy atom. The molecule has 0 aromatic heterocycles. The average Bonchev–Trinajstić information content (AvgIpc) is 3.00. The molecule has 2 N–H and O–H groups in total. The van der Waals surface area contributed by atoms with Crippen molar-refractivity contribution in [3.63, 3.8) is 0 Å². The molecule has 4 aliphatic rings. The maximum absolute atomic E-state index is 11.0. The van der Waals surface area contributed by atoms with Gasteiger partial charge in [-0.3, -0.25) is 0 Å². The van der Waals surface area contributed by atoms with Gasteiger partial charge < -0.3 is 10.2 Å². The van der Waals surface area contributed by atoms with Gasteiger partial charge in [0.1, 0.15) is 0 Å². The van der Waals surface area contributed by atoms with Crippen LogP contribution in [0, 0.1) is 45.3 Å². The Morgan fingerprint density at radius 1 is 1.06 bits per heavy atom. The van der Waals surface area contributed by atoms with Crippen LogP contribution in [0.25, 0.3) is 0 Å². The van der Waals surface area contributed by atoms with Gasteiger partial charge in [-0.05, 0) is 111 Å². The van der Waals surface area contributed by atoms with Crippen LogP contribution < -0.4 is 0 Å². The Kier molecular flexibility index (Phi) is 6.11. The number of aliphatic hydroxyl groups is 2. The fourth-order valence-electron chi connectivity index (χ4n) is 9.42. The van der Waals surface area contributed by atoms with Crippen molar-refractivity contribution in [1.82, 2.24) is 0 Å². The Hall–Kier alpha value is -0.600. The van der Waals surface area contributed by atoms with E-state index < -0.39 is 0 Å². The highest BCUT2D eigenvalue weighted by molar-refractivity contribution is 5.33. The van der Waals surface area contributed by atoms with Gasteiger partial charge in [0.25, 0.3) is 0 Å². The number of aliphatic hydroxyl groups excluding tert-OH is 2. The van der Waals surface area contributed by atoms with Gasteiger partial charge in [0, 0.05) is 0 Å². The summed E-state index contributed by atoms with van der Waals surface area (Å²) in [6, 6.07) is 0. The third-order valence-electron chi connectivity index (χ3n) is 11.9. The first kappa shape index (κ1) is 24.5. The molecule has 0 bridgehead atoms. The number of allylic oxidation sites excluding steroid dienone is 3. The lowest BCUT2D eigenvalue weighted by Crippen LogP contribution is -2.58. The molecule has 3 saturated carbocycles. The van der Waals surface area contributed by atoms with E-state index in [2.05, 4.69) is 67.5 Å². The molecule has 4 rings (SSSR count). The van der Waals surface area contributed by atoms with E-state index in [9.17, 15) is 10.2 Å². The molecule has 0 aromatic rings. The Bertz CT molecular complexity index is 789. The predicted molar refractivity (Wildman–Crippen MR) is 134 cm³/mol. The lowest BCUT2D eigenvalue weighted by atomic mass is 9.41. The minimum absolute atomic E-state index is 0.00154. The zero-order valence-electron chi connectivity index (χ0n) is 22.2. The van der Waals surface area contributed by atoms with Crippen LogP contribution in [0.3, 0.4) is 0 Å². The first-order chi connectivity index (χ1) is 14.8. The average molecular weight is 443 g/mol. The van der Waals surface area contributed by atoms with Gasteiger partial charge >= 0.3 is 0 Å². The fraction of sp³-hybridized carbons (Fsp3) is 0.867. The van der Waals surface area contributed by atoms with E-state index in [1.165, 1.54) is 31.3 Å². The molecule has 182 valence electrons. The summed E-state index contributed by atoms with van der Waals surface area (Å²) in [6.07, 6.45) is 13.5. The molecule has 4 aliphatic carbocycles. The van der Waals surface area contributed by atoms with Crippen LogP contribution in [0.4, 0.5) is 0 Å². The molecule has 32 heavy (non-hydrogen) atoms. The van der Waals surface area contributed by atoms with Crippen LogP contribution in [0.5, 0.6) is 0 Å². The van der Waals surface area contributed by atoms with Gasteiger partial charge in [-0.15, -0.1) is 0 Å². The molecular formula is C30H50O2. The summed E-state index contributed by atoms with van der Waals surface area (Å²) in [5, 5.41) is 21.8. The molecular weight excluding hydrogens is 392 g/mol. The molecule has 9 atom stereocenters. The number of hydrogen-bond donors (Lipinski definition) is 2. The van der Waals surface area contributed by atoms with E-state index in [1.807, 2.05) is 0 Å². The second kappa shape index (κ2) is 7.98. The van der Waals surface area contributed by atoms with Crippen molar-refractivity contribution >= 4 is 0 Å². The Labute approximate surface area is 198 Å². The molecule has 0 aromatic carbocycles. The normalized spacial score (nSPS) is 46.9. The molecule has 2 nitrogen and oxygen atoms in total. The van der Waals surface area contributed by atoms with Crippen LogP contribution >= 0.6 is 0 Å². The number of fused-ring (bicyclic) bond motifs is 5. The van der Waals surface area contributed by atoms with Crippen LogP contribution in [-0.2, 0) is 0 Å². The molecule has 0 aliphatic heterocycles. The zero-order valence-corrected chi connectivity index (χ0v) is 22.2. The van der Waals surface area contributed by atoms with Gasteiger partial charge in [0.05, 0.1) is 12.2 Å². The highest BCUT2D eigenvalue weighted by Crippen LogP contribution is 2.73. The van der Waals surface area contributed by atoms with E-state index in [0.717, 1.165) is 25.7 Å². The van der Waals surface area contributed by atoms with Crippen molar-refractivity contribution in [3.8, 4) is 0 Å². The fourth-order valence-corrected chi connectivity index (χ4v) is 9.42. The quantitative estimate of drug-likeness (QED) is 0.448. The summed E-state index contributed by atoms with van der Waals surface area (Å²) < 4.78 is 0. The summed E-state index contributed by atoms with van der Waals surface area (Å²) in [4.78, 5) is 0. The Morgan fingerprint density at radius 2 is 1.75 bits per heavy atom.